The molecule has 3 heteroatoms. The standard InChI is InChI=1S/C25H24ClNO/c1-19(16-17-20-10-4-2-5-11-20)27-25(28)23(21-12-6-3-7-13-21)18-22-14-8-9-15-24(22)26/h2-15,18-19H,16-17H2,1H3,(H,27,28)/b23-18+/t19-/m0/s1. The summed E-state index contributed by atoms with van der Waals surface area (Å²) >= 11 is 6.31. The SMILES string of the molecule is C[C@@H](CCc1ccccc1)NC(=O)/C(=C/c1ccccc1Cl)c1ccccc1. The number of hydrogen-bond donors (Lipinski definition) is 1. The van der Waals surface area contributed by atoms with E-state index in [0.29, 0.717) is 10.6 Å². The molecule has 0 aromatic heterocycles. The Labute approximate surface area is 171 Å². The fourth-order valence-corrected chi connectivity index (χ4v) is 3.24. The summed E-state index contributed by atoms with van der Waals surface area (Å²) in [6.45, 7) is 2.04. The largest absolute Gasteiger partial charge is 0.350 e. The first-order valence-electron chi connectivity index (χ1n) is 9.50. The van der Waals surface area contributed by atoms with Gasteiger partial charge in [-0.3, -0.25) is 4.79 Å². The highest BCUT2D eigenvalue weighted by Crippen LogP contribution is 2.23. The lowest BCUT2D eigenvalue weighted by atomic mass is 10.0. The number of nitrogens with one attached hydrogen (secondary N) is 1. The fraction of sp³-hybridized carbons (Fsp3) is 0.160. The maximum absolute atomic E-state index is 13.1. The maximum Gasteiger partial charge on any atom is 0.252 e. The van der Waals surface area contributed by atoms with E-state index in [4.69, 9.17) is 11.6 Å². The number of amides is 1. The van der Waals surface area contributed by atoms with Crippen LogP contribution >= 0.6 is 11.6 Å². The summed E-state index contributed by atoms with van der Waals surface area (Å²) in [5.41, 5.74) is 3.59. The minimum Gasteiger partial charge on any atom is -0.350 e. The van der Waals surface area contributed by atoms with Crippen LogP contribution in [0, 0.1) is 0 Å². The quantitative estimate of drug-likeness (QED) is 0.388. The lowest BCUT2D eigenvalue weighted by Gasteiger charge is -2.16. The third-order valence-corrected chi connectivity index (χ3v) is 4.97. The van der Waals surface area contributed by atoms with Gasteiger partial charge in [-0.05, 0) is 48.6 Å². The van der Waals surface area contributed by atoms with E-state index in [2.05, 4.69) is 17.4 Å². The van der Waals surface area contributed by atoms with E-state index in [0.717, 1.165) is 24.0 Å². The van der Waals surface area contributed by atoms with Gasteiger partial charge in [-0.15, -0.1) is 0 Å². The Kier molecular flexibility index (Phi) is 7.05. The summed E-state index contributed by atoms with van der Waals surface area (Å²) in [5, 5.41) is 3.76. The summed E-state index contributed by atoms with van der Waals surface area (Å²) in [6.07, 6.45) is 3.66. The molecule has 28 heavy (non-hydrogen) atoms. The van der Waals surface area contributed by atoms with E-state index < -0.39 is 0 Å². The van der Waals surface area contributed by atoms with Crippen molar-refractivity contribution in [3.05, 3.63) is 107 Å². The molecular formula is C25H24ClNO. The zero-order valence-electron chi connectivity index (χ0n) is 15.9. The highest BCUT2D eigenvalue weighted by Gasteiger charge is 2.15. The van der Waals surface area contributed by atoms with Gasteiger partial charge in [-0.1, -0.05) is 90.5 Å². The van der Waals surface area contributed by atoms with Crippen molar-refractivity contribution in [1.29, 1.82) is 0 Å². The van der Waals surface area contributed by atoms with Crippen LogP contribution in [-0.2, 0) is 11.2 Å². The first kappa shape index (κ1) is 19.9. The molecule has 3 aromatic rings. The second-order valence-electron chi connectivity index (χ2n) is 6.84. The van der Waals surface area contributed by atoms with Crippen molar-refractivity contribution in [1.82, 2.24) is 5.32 Å². The van der Waals surface area contributed by atoms with Crippen LogP contribution in [0.5, 0.6) is 0 Å². The topological polar surface area (TPSA) is 29.1 Å². The third kappa shape index (κ3) is 5.58. The maximum atomic E-state index is 13.1. The molecule has 142 valence electrons. The molecule has 2 nitrogen and oxygen atoms in total. The van der Waals surface area contributed by atoms with Crippen LogP contribution < -0.4 is 5.32 Å². The molecule has 0 saturated heterocycles. The number of carbonyl (C=O) groups excluding carboxylic acids is 1. The highest BCUT2D eigenvalue weighted by molar-refractivity contribution is 6.33. The van der Waals surface area contributed by atoms with Crippen LogP contribution in [0.15, 0.2) is 84.9 Å². The normalized spacial score (nSPS) is 12.4. The van der Waals surface area contributed by atoms with E-state index in [1.54, 1.807) is 0 Å². The van der Waals surface area contributed by atoms with Gasteiger partial charge in [0.15, 0.2) is 0 Å². The van der Waals surface area contributed by atoms with Gasteiger partial charge >= 0.3 is 0 Å². The summed E-state index contributed by atoms with van der Waals surface area (Å²) in [6, 6.07) is 27.6. The third-order valence-electron chi connectivity index (χ3n) is 4.62. The molecule has 1 amide bonds. The van der Waals surface area contributed by atoms with Gasteiger partial charge in [-0.2, -0.15) is 0 Å². The van der Waals surface area contributed by atoms with Crippen molar-refractivity contribution < 1.29 is 4.79 Å². The Hall–Kier alpha value is -2.84. The summed E-state index contributed by atoms with van der Waals surface area (Å²) in [4.78, 5) is 13.1. The summed E-state index contributed by atoms with van der Waals surface area (Å²) in [5.74, 6) is -0.0910. The molecule has 0 heterocycles. The molecule has 0 fully saturated rings. The number of halogens is 1. The highest BCUT2D eigenvalue weighted by atomic mass is 35.5. The second-order valence-corrected chi connectivity index (χ2v) is 7.25. The lowest BCUT2D eigenvalue weighted by molar-refractivity contribution is -0.116. The Morgan fingerprint density at radius 3 is 2.21 bits per heavy atom. The molecule has 1 atom stereocenters. The average molecular weight is 390 g/mol. The van der Waals surface area contributed by atoms with Gasteiger partial charge < -0.3 is 5.32 Å². The predicted octanol–water partition coefficient (Wildman–Crippen LogP) is 6.02. The Bertz CT molecular complexity index is 935. The van der Waals surface area contributed by atoms with E-state index in [1.807, 2.05) is 85.8 Å². The molecule has 3 aromatic carbocycles. The van der Waals surface area contributed by atoms with Crippen LogP contribution in [0.1, 0.15) is 30.0 Å². The molecule has 0 saturated carbocycles. The molecule has 0 aliphatic carbocycles. The van der Waals surface area contributed by atoms with Crippen LogP contribution in [0.3, 0.4) is 0 Å². The van der Waals surface area contributed by atoms with Crippen molar-refractivity contribution >= 4 is 29.2 Å². The van der Waals surface area contributed by atoms with E-state index in [-0.39, 0.29) is 11.9 Å². The Morgan fingerprint density at radius 1 is 0.929 bits per heavy atom. The Balaban J connectivity index is 1.76. The van der Waals surface area contributed by atoms with Gasteiger partial charge in [0.05, 0.1) is 0 Å². The zero-order valence-corrected chi connectivity index (χ0v) is 16.7. The first-order chi connectivity index (χ1) is 13.6. The van der Waals surface area contributed by atoms with Gasteiger partial charge in [0.25, 0.3) is 5.91 Å². The molecular weight excluding hydrogens is 366 g/mol. The van der Waals surface area contributed by atoms with Crippen molar-refractivity contribution in [2.45, 2.75) is 25.8 Å². The van der Waals surface area contributed by atoms with Crippen molar-refractivity contribution in [2.75, 3.05) is 0 Å². The van der Waals surface area contributed by atoms with Gasteiger partial charge in [0.1, 0.15) is 0 Å². The number of hydrogen-bond acceptors (Lipinski definition) is 1. The number of rotatable bonds is 7. The monoisotopic (exact) mass is 389 g/mol. The van der Waals surface area contributed by atoms with Crippen LogP contribution in [0.2, 0.25) is 5.02 Å². The second kappa shape index (κ2) is 9.91. The van der Waals surface area contributed by atoms with Crippen molar-refractivity contribution in [3.63, 3.8) is 0 Å². The predicted molar refractivity (Wildman–Crippen MR) is 118 cm³/mol. The number of benzene rings is 3. The Morgan fingerprint density at radius 2 is 1.54 bits per heavy atom. The van der Waals surface area contributed by atoms with Gasteiger partial charge in [0, 0.05) is 16.6 Å². The van der Waals surface area contributed by atoms with E-state index in [1.165, 1.54) is 5.56 Å². The fourth-order valence-electron chi connectivity index (χ4n) is 3.05. The first-order valence-corrected chi connectivity index (χ1v) is 9.87. The van der Waals surface area contributed by atoms with E-state index >= 15 is 0 Å². The smallest absolute Gasteiger partial charge is 0.252 e. The van der Waals surface area contributed by atoms with Crippen molar-refractivity contribution in [3.8, 4) is 0 Å². The molecule has 0 aliphatic rings. The lowest BCUT2D eigenvalue weighted by Crippen LogP contribution is -2.33. The molecule has 0 aliphatic heterocycles. The summed E-state index contributed by atoms with van der Waals surface area (Å²) < 4.78 is 0. The van der Waals surface area contributed by atoms with Crippen molar-refractivity contribution in [2.24, 2.45) is 0 Å². The minimum absolute atomic E-state index is 0.0612. The molecule has 0 unspecified atom stereocenters. The van der Waals surface area contributed by atoms with Crippen LogP contribution in [0.25, 0.3) is 11.6 Å². The van der Waals surface area contributed by atoms with Gasteiger partial charge in [-0.25, -0.2) is 0 Å². The number of carbonyl (C=O) groups is 1. The zero-order chi connectivity index (χ0) is 19.8. The minimum atomic E-state index is -0.0910. The van der Waals surface area contributed by atoms with Crippen LogP contribution in [0.4, 0.5) is 0 Å². The molecule has 0 bridgehead atoms. The summed E-state index contributed by atoms with van der Waals surface area (Å²) in [7, 11) is 0. The average Bonchev–Trinajstić information content (AvgIpc) is 2.73. The van der Waals surface area contributed by atoms with Crippen LogP contribution in [-0.4, -0.2) is 11.9 Å². The molecule has 1 N–H and O–H groups in total. The number of aryl methyl sites for hydroxylation is 1. The molecule has 0 radical (unpaired) electrons. The van der Waals surface area contributed by atoms with E-state index in [9.17, 15) is 4.79 Å². The molecule has 0 spiro atoms. The van der Waals surface area contributed by atoms with Gasteiger partial charge in [0.2, 0.25) is 0 Å². The molecule has 3 rings (SSSR count).